The Morgan fingerprint density at radius 1 is 1.33 bits per heavy atom. The van der Waals surface area contributed by atoms with Crippen molar-refractivity contribution < 1.29 is 14.3 Å². The summed E-state index contributed by atoms with van der Waals surface area (Å²) in [6.07, 6.45) is -0.655. The zero-order chi connectivity index (χ0) is 15.2. The van der Waals surface area contributed by atoms with Crippen molar-refractivity contribution in [2.45, 2.75) is 43.7 Å². The van der Waals surface area contributed by atoms with Crippen molar-refractivity contribution in [3.05, 3.63) is 35.9 Å². The van der Waals surface area contributed by atoms with Crippen molar-refractivity contribution in [2.24, 2.45) is 0 Å². The van der Waals surface area contributed by atoms with Gasteiger partial charge in [0.1, 0.15) is 17.7 Å². The molecular formula is C16H18N2O3. The number of ether oxygens (including phenoxy) is 2. The Morgan fingerprint density at radius 3 is 2.57 bits per heavy atom. The second-order valence-corrected chi connectivity index (χ2v) is 5.96. The van der Waals surface area contributed by atoms with Crippen LogP contribution in [0.4, 0.5) is 0 Å². The summed E-state index contributed by atoms with van der Waals surface area (Å²) in [4.78, 5) is 13.8. The Labute approximate surface area is 124 Å². The molecule has 0 unspecified atom stereocenters. The van der Waals surface area contributed by atoms with Gasteiger partial charge in [0.15, 0.2) is 6.10 Å². The second-order valence-electron chi connectivity index (χ2n) is 5.96. The Kier molecular flexibility index (Phi) is 3.23. The van der Waals surface area contributed by atoms with Crippen molar-refractivity contribution in [1.29, 1.82) is 5.26 Å². The van der Waals surface area contributed by atoms with Crippen LogP contribution in [0, 0.1) is 11.3 Å². The van der Waals surface area contributed by atoms with E-state index in [0.29, 0.717) is 0 Å². The van der Waals surface area contributed by atoms with Crippen LogP contribution in [-0.4, -0.2) is 41.7 Å². The molecule has 0 saturated carbocycles. The summed E-state index contributed by atoms with van der Waals surface area (Å²) in [5.74, 6) is -0.142. The van der Waals surface area contributed by atoms with E-state index in [4.69, 9.17) is 9.47 Å². The minimum absolute atomic E-state index is 0.0288. The molecule has 0 N–H and O–H groups in total. The molecule has 2 aliphatic rings. The minimum Gasteiger partial charge on any atom is -0.369 e. The quantitative estimate of drug-likeness (QED) is 0.623. The molecule has 5 heteroatoms. The highest BCUT2D eigenvalue weighted by Gasteiger charge is 2.63. The first-order chi connectivity index (χ1) is 10.0. The number of methoxy groups -OCH3 is 1. The van der Waals surface area contributed by atoms with Crippen LogP contribution in [0.2, 0.25) is 0 Å². The number of epoxide rings is 1. The fourth-order valence-electron chi connectivity index (χ4n) is 3.04. The summed E-state index contributed by atoms with van der Waals surface area (Å²) < 4.78 is 11.1. The summed E-state index contributed by atoms with van der Waals surface area (Å²) in [6, 6.07) is 11.9. The Balaban J connectivity index is 1.81. The van der Waals surface area contributed by atoms with Gasteiger partial charge in [-0.15, -0.1) is 0 Å². The van der Waals surface area contributed by atoms with E-state index in [9.17, 15) is 10.1 Å². The Hall–Kier alpha value is -1.90. The molecule has 0 aromatic heterocycles. The van der Waals surface area contributed by atoms with E-state index >= 15 is 0 Å². The van der Waals surface area contributed by atoms with Gasteiger partial charge in [0.05, 0.1) is 12.1 Å². The van der Waals surface area contributed by atoms with Gasteiger partial charge in [-0.25, -0.2) is 0 Å². The van der Waals surface area contributed by atoms with Crippen LogP contribution in [0.1, 0.15) is 25.5 Å². The van der Waals surface area contributed by atoms with Crippen molar-refractivity contribution >= 4 is 5.91 Å². The first-order valence-electron chi connectivity index (χ1n) is 6.99. The number of carbonyl (C=O) groups excluding carboxylic acids is 1. The Morgan fingerprint density at radius 2 is 2.00 bits per heavy atom. The number of carbonyl (C=O) groups is 1. The van der Waals surface area contributed by atoms with E-state index in [1.54, 1.807) is 18.7 Å². The highest BCUT2D eigenvalue weighted by Crippen LogP contribution is 2.48. The fourth-order valence-corrected chi connectivity index (χ4v) is 3.04. The van der Waals surface area contributed by atoms with Gasteiger partial charge in [-0.1, -0.05) is 30.3 Å². The molecule has 0 aliphatic carbocycles. The molecular weight excluding hydrogens is 268 g/mol. The van der Waals surface area contributed by atoms with Crippen LogP contribution < -0.4 is 0 Å². The zero-order valence-corrected chi connectivity index (χ0v) is 12.3. The maximum Gasteiger partial charge on any atom is 0.255 e. The van der Waals surface area contributed by atoms with Crippen LogP contribution >= 0.6 is 0 Å². The molecule has 3 rings (SSSR count). The maximum atomic E-state index is 12.2. The summed E-state index contributed by atoms with van der Waals surface area (Å²) in [6.45, 7) is 3.48. The molecule has 1 aromatic rings. The molecule has 110 valence electrons. The highest BCUT2D eigenvalue weighted by molar-refractivity contribution is 5.90. The van der Waals surface area contributed by atoms with Gasteiger partial charge < -0.3 is 14.4 Å². The van der Waals surface area contributed by atoms with Gasteiger partial charge in [0.25, 0.3) is 5.91 Å². The number of β-lactam (4-membered cyclic amide) rings is 1. The minimum atomic E-state index is -0.857. The summed E-state index contributed by atoms with van der Waals surface area (Å²) in [5.41, 5.74) is 0.232. The number of nitriles is 1. The Bertz CT molecular complexity index is 593. The lowest BCUT2D eigenvalue weighted by Gasteiger charge is -2.51. The van der Waals surface area contributed by atoms with Crippen LogP contribution in [-0.2, 0) is 14.3 Å². The van der Waals surface area contributed by atoms with Crippen LogP contribution in [0.15, 0.2) is 30.3 Å². The number of benzene rings is 1. The van der Waals surface area contributed by atoms with Crippen molar-refractivity contribution in [3.63, 3.8) is 0 Å². The molecule has 2 fully saturated rings. The van der Waals surface area contributed by atoms with Gasteiger partial charge in [0.2, 0.25) is 0 Å². The lowest BCUT2D eigenvalue weighted by atomic mass is 9.85. The lowest BCUT2D eigenvalue weighted by molar-refractivity contribution is -0.180. The monoisotopic (exact) mass is 286 g/mol. The third-order valence-electron chi connectivity index (χ3n) is 4.21. The standard InChI is InChI=1S/C16H18N2O3/c1-16(2,9-17)18-11(14(20-3)15(18)19)13-12(21-13)10-7-5-4-6-8-10/h4-8,11-14H,1-3H3/t11-,12+,13+,14+/m1/s1. The lowest BCUT2D eigenvalue weighted by Crippen LogP contribution is -2.73. The highest BCUT2D eigenvalue weighted by atomic mass is 16.6. The zero-order valence-electron chi connectivity index (χ0n) is 12.3. The van der Waals surface area contributed by atoms with E-state index in [1.165, 1.54) is 7.11 Å². The van der Waals surface area contributed by atoms with Crippen LogP contribution in [0.5, 0.6) is 0 Å². The molecule has 0 spiro atoms. The average molecular weight is 286 g/mol. The molecule has 21 heavy (non-hydrogen) atoms. The van der Waals surface area contributed by atoms with Crippen molar-refractivity contribution in [3.8, 4) is 6.07 Å². The van der Waals surface area contributed by atoms with Crippen LogP contribution in [0.25, 0.3) is 0 Å². The molecule has 2 aliphatic heterocycles. The smallest absolute Gasteiger partial charge is 0.255 e. The average Bonchev–Trinajstić information content (AvgIpc) is 3.25. The normalized spacial score (nSPS) is 31.5. The summed E-state index contributed by atoms with van der Waals surface area (Å²) in [5, 5.41) is 9.28. The van der Waals surface area contributed by atoms with Gasteiger partial charge in [0, 0.05) is 7.11 Å². The van der Waals surface area contributed by atoms with Gasteiger partial charge in [-0.3, -0.25) is 4.79 Å². The number of hydrogen-bond donors (Lipinski definition) is 0. The number of hydrogen-bond acceptors (Lipinski definition) is 4. The number of likely N-dealkylation sites (tertiary alicyclic amines) is 1. The summed E-state index contributed by atoms with van der Waals surface area (Å²) in [7, 11) is 1.52. The molecule has 1 aromatic carbocycles. The number of nitrogens with zero attached hydrogens (tertiary/aromatic N) is 2. The molecule has 0 bridgehead atoms. The fraction of sp³-hybridized carbons (Fsp3) is 0.500. The molecule has 2 heterocycles. The van der Waals surface area contributed by atoms with Crippen molar-refractivity contribution in [1.82, 2.24) is 4.90 Å². The molecule has 5 nitrogen and oxygen atoms in total. The second kappa shape index (κ2) is 4.83. The van der Waals surface area contributed by atoms with Gasteiger partial charge in [-0.2, -0.15) is 5.26 Å². The van der Waals surface area contributed by atoms with E-state index in [1.807, 2.05) is 30.3 Å². The first kappa shape index (κ1) is 14.1. The van der Waals surface area contributed by atoms with Crippen molar-refractivity contribution in [2.75, 3.05) is 7.11 Å². The van der Waals surface area contributed by atoms with Crippen LogP contribution in [0.3, 0.4) is 0 Å². The largest absolute Gasteiger partial charge is 0.369 e. The molecule has 4 atom stereocenters. The van der Waals surface area contributed by atoms with E-state index in [-0.39, 0.29) is 24.2 Å². The molecule has 1 amide bonds. The van der Waals surface area contributed by atoms with E-state index in [0.717, 1.165) is 5.56 Å². The predicted octanol–water partition coefficient (Wildman–Crippen LogP) is 1.65. The number of rotatable bonds is 4. The molecule has 2 saturated heterocycles. The topological polar surface area (TPSA) is 65.9 Å². The van der Waals surface area contributed by atoms with Gasteiger partial charge >= 0.3 is 0 Å². The van der Waals surface area contributed by atoms with E-state index in [2.05, 4.69) is 6.07 Å². The van der Waals surface area contributed by atoms with E-state index < -0.39 is 11.6 Å². The summed E-state index contributed by atoms with van der Waals surface area (Å²) >= 11 is 0. The molecule has 0 radical (unpaired) electrons. The first-order valence-corrected chi connectivity index (χ1v) is 6.99. The number of amides is 1. The predicted molar refractivity (Wildman–Crippen MR) is 75.2 cm³/mol. The van der Waals surface area contributed by atoms with Gasteiger partial charge in [-0.05, 0) is 19.4 Å². The third-order valence-corrected chi connectivity index (χ3v) is 4.21. The third kappa shape index (κ3) is 2.11. The maximum absolute atomic E-state index is 12.2. The SMILES string of the molecule is CO[C@@H]1C(=O)N(C(C)(C)C#N)[C@@H]1[C@@H]1O[C@H]1c1ccccc1.